The first-order chi connectivity index (χ1) is 16.8. The number of nitrogens with one attached hydrogen (secondary N) is 1. The van der Waals surface area contributed by atoms with Crippen molar-refractivity contribution >= 4 is 23.2 Å². The van der Waals surface area contributed by atoms with Gasteiger partial charge >= 0.3 is 6.18 Å². The maximum Gasteiger partial charge on any atom is 0.417 e. The van der Waals surface area contributed by atoms with Crippen LogP contribution in [0.25, 0.3) is 5.69 Å². The van der Waals surface area contributed by atoms with E-state index in [0.29, 0.717) is 24.2 Å². The Hall–Kier alpha value is -4.47. The number of fused-ring (bicyclic) bond motifs is 3. The Morgan fingerprint density at radius 1 is 0.886 bits per heavy atom. The molecule has 10 heteroatoms. The summed E-state index contributed by atoms with van der Waals surface area (Å²) < 4.78 is 41.6. The molecular formula is C25H18F3N5O2. The van der Waals surface area contributed by atoms with Crippen LogP contribution in [0.15, 0.2) is 79.1 Å². The fourth-order valence-corrected chi connectivity index (χ4v) is 4.05. The SMILES string of the molecule is O=C(Nc1ccc(C(=O)N2CCc3nncn3-c3ccccc32)cc1)c1ccccc1C(F)(F)F. The fourth-order valence-electron chi connectivity index (χ4n) is 4.05. The van der Waals surface area contributed by atoms with Crippen LogP contribution >= 0.6 is 0 Å². The van der Waals surface area contributed by atoms with Crippen molar-refractivity contribution in [3.05, 3.63) is 102 Å². The molecule has 3 aromatic carbocycles. The molecular weight excluding hydrogens is 459 g/mol. The van der Waals surface area contributed by atoms with Crippen LogP contribution in [0.3, 0.4) is 0 Å². The topological polar surface area (TPSA) is 80.1 Å². The highest BCUT2D eigenvalue weighted by molar-refractivity contribution is 6.08. The lowest BCUT2D eigenvalue weighted by molar-refractivity contribution is -0.137. The van der Waals surface area contributed by atoms with Crippen molar-refractivity contribution in [2.75, 3.05) is 16.8 Å². The number of carbonyl (C=O) groups excluding carboxylic acids is 2. The van der Waals surface area contributed by atoms with Crippen LogP contribution < -0.4 is 10.2 Å². The van der Waals surface area contributed by atoms with E-state index in [9.17, 15) is 22.8 Å². The summed E-state index contributed by atoms with van der Waals surface area (Å²) in [6.45, 7) is 0.390. The van der Waals surface area contributed by atoms with E-state index in [0.717, 1.165) is 23.6 Å². The fraction of sp³-hybridized carbons (Fsp3) is 0.120. The second kappa shape index (κ2) is 8.71. The van der Waals surface area contributed by atoms with Crippen molar-refractivity contribution in [1.82, 2.24) is 14.8 Å². The molecule has 7 nitrogen and oxygen atoms in total. The van der Waals surface area contributed by atoms with Crippen molar-refractivity contribution < 1.29 is 22.8 Å². The summed E-state index contributed by atoms with van der Waals surface area (Å²) in [4.78, 5) is 27.5. The number of halogens is 3. The van der Waals surface area contributed by atoms with E-state index >= 15 is 0 Å². The molecule has 0 spiro atoms. The molecule has 0 aliphatic carbocycles. The molecule has 176 valence electrons. The molecule has 5 rings (SSSR count). The zero-order valence-electron chi connectivity index (χ0n) is 18.2. The summed E-state index contributed by atoms with van der Waals surface area (Å²) in [6.07, 6.45) is -2.54. The number of benzene rings is 3. The second-order valence-corrected chi connectivity index (χ2v) is 7.89. The number of rotatable bonds is 3. The Labute approximate surface area is 197 Å². The molecule has 0 saturated heterocycles. The van der Waals surface area contributed by atoms with Gasteiger partial charge < -0.3 is 10.2 Å². The van der Waals surface area contributed by atoms with Crippen LogP contribution in [0.4, 0.5) is 24.5 Å². The van der Waals surface area contributed by atoms with Gasteiger partial charge in [-0.05, 0) is 48.5 Å². The van der Waals surface area contributed by atoms with E-state index < -0.39 is 23.2 Å². The first-order valence-electron chi connectivity index (χ1n) is 10.7. The molecule has 2 heterocycles. The number of alkyl halides is 3. The van der Waals surface area contributed by atoms with Gasteiger partial charge in [-0.3, -0.25) is 14.2 Å². The van der Waals surface area contributed by atoms with E-state index in [1.807, 2.05) is 28.8 Å². The van der Waals surface area contributed by atoms with E-state index in [2.05, 4.69) is 15.5 Å². The third kappa shape index (κ3) is 4.25. The summed E-state index contributed by atoms with van der Waals surface area (Å²) in [5.74, 6) is -0.400. The van der Waals surface area contributed by atoms with Crippen molar-refractivity contribution in [1.29, 1.82) is 0 Å². The standard InChI is InChI=1S/C25H18F3N5O2/c26-25(27,28)19-6-2-1-5-18(19)23(34)30-17-11-9-16(10-12-17)24(35)32-14-13-22-31-29-15-33(22)21-8-4-3-7-20(21)32/h1-12,15H,13-14H2,(H,30,34). The summed E-state index contributed by atoms with van der Waals surface area (Å²) in [5.41, 5.74) is 0.632. The number of carbonyl (C=O) groups is 2. The van der Waals surface area contributed by atoms with Gasteiger partial charge in [-0.15, -0.1) is 10.2 Å². The monoisotopic (exact) mass is 477 g/mol. The Kier molecular flexibility index (Phi) is 5.56. The average Bonchev–Trinajstić information content (AvgIpc) is 3.27. The summed E-state index contributed by atoms with van der Waals surface area (Å²) in [6, 6.07) is 18.0. The Morgan fingerprint density at radius 2 is 1.57 bits per heavy atom. The molecule has 0 fully saturated rings. The molecule has 0 radical (unpaired) electrons. The van der Waals surface area contributed by atoms with Gasteiger partial charge in [0.25, 0.3) is 11.8 Å². The highest BCUT2D eigenvalue weighted by atomic mass is 19.4. The van der Waals surface area contributed by atoms with E-state index in [1.165, 1.54) is 36.4 Å². The van der Waals surface area contributed by atoms with Crippen LogP contribution in [0, 0.1) is 0 Å². The molecule has 1 aliphatic rings. The Bertz CT molecular complexity index is 1410. The summed E-state index contributed by atoms with van der Waals surface area (Å²) in [7, 11) is 0. The third-order valence-corrected chi connectivity index (χ3v) is 5.72. The minimum atomic E-state index is -4.65. The molecule has 4 aromatic rings. The molecule has 0 unspecified atom stereocenters. The van der Waals surface area contributed by atoms with E-state index in [4.69, 9.17) is 0 Å². The van der Waals surface area contributed by atoms with Crippen LogP contribution in [-0.4, -0.2) is 33.1 Å². The van der Waals surface area contributed by atoms with Gasteiger partial charge in [0.05, 0.1) is 22.5 Å². The zero-order chi connectivity index (χ0) is 24.6. The number of hydrogen-bond acceptors (Lipinski definition) is 4. The van der Waals surface area contributed by atoms with Gasteiger partial charge in [0.15, 0.2) is 0 Å². The molecule has 1 N–H and O–H groups in total. The third-order valence-electron chi connectivity index (χ3n) is 5.72. The lowest BCUT2D eigenvalue weighted by Gasteiger charge is -2.23. The number of hydrogen-bond donors (Lipinski definition) is 1. The quantitative estimate of drug-likeness (QED) is 0.462. The number of nitrogens with zero attached hydrogens (tertiary/aromatic N) is 4. The van der Waals surface area contributed by atoms with Crippen molar-refractivity contribution in [2.24, 2.45) is 0 Å². The lowest BCUT2D eigenvalue weighted by Crippen LogP contribution is -2.32. The van der Waals surface area contributed by atoms with Crippen molar-refractivity contribution in [3.63, 3.8) is 0 Å². The average molecular weight is 477 g/mol. The van der Waals surface area contributed by atoms with Crippen molar-refractivity contribution in [2.45, 2.75) is 12.6 Å². The molecule has 0 atom stereocenters. The molecule has 35 heavy (non-hydrogen) atoms. The largest absolute Gasteiger partial charge is 0.417 e. The number of para-hydroxylation sites is 2. The van der Waals surface area contributed by atoms with Gasteiger partial charge in [0.1, 0.15) is 12.2 Å². The highest BCUT2D eigenvalue weighted by Gasteiger charge is 2.35. The normalized spacial score (nSPS) is 12.9. The maximum atomic E-state index is 13.4. The smallest absolute Gasteiger partial charge is 0.322 e. The second-order valence-electron chi connectivity index (χ2n) is 7.89. The lowest BCUT2D eigenvalue weighted by atomic mass is 10.1. The molecule has 1 aliphatic heterocycles. The Balaban J connectivity index is 1.37. The molecule has 2 amide bonds. The highest BCUT2D eigenvalue weighted by Crippen LogP contribution is 2.32. The van der Waals surface area contributed by atoms with Gasteiger partial charge in [-0.1, -0.05) is 24.3 Å². The summed E-state index contributed by atoms with van der Waals surface area (Å²) >= 11 is 0. The molecule has 0 saturated carbocycles. The van der Waals surface area contributed by atoms with Crippen LogP contribution in [0.2, 0.25) is 0 Å². The van der Waals surface area contributed by atoms with E-state index in [1.54, 1.807) is 11.2 Å². The molecule has 1 aromatic heterocycles. The maximum absolute atomic E-state index is 13.4. The van der Waals surface area contributed by atoms with E-state index in [-0.39, 0.29) is 11.6 Å². The van der Waals surface area contributed by atoms with Crippen LogP contribution in [-0.2, 0) is 12.6 Å². The number of amides is 2. The zero-order valence-corrected chi connectivity index (χ0v) is 18.2. The molecule has 0 bridgehead atoms. The predicted molar refractivity (Wildman–Crippen MR) is 123 cm³/mol. The number of anilines is 2. The first-order valence-corrected chi connectivity index (χ1v) is 10.7. The minimum Gasteiger partial charge on any atom is -0.322 e. The van der Waals surface area contributed by atoms with Crippen LogP contribution in [0.1, 0.15) is 32.1 Å². The van der Waals surface area contributed by atoms with Crippen molar-refractivity contribution in [3.8, 4) is 5.69 Å². The number of aromatic nitrogens is 3. The predicted octanol–water partition coefficient (Wildman–Crippen LogP) is 4.74. The van der Waals surface area contributed by atoms with Gasteiger partial charge in [0, 0.05) is 24.2 Å². The van der Waals surface area contributed by atoms with Gasteiger partial charge in [0.2, 0.25) is 0 Å². The van der Waals surface area contributed by atoms with Crippen LogP contribution in [0.5, 0.6) is 0 Å². The first kappa shape index (κ1) is 22.3. The minimum absolute atomic E-state index is 0.253. The van der Waals surface area contributed by atoms with Gasteiger partial charge in [-0.2, -0.15) is 13.2 Å². The van der Waals surface area contributed by atoms with Gasteiger partial charge in [-0.25, -0.2) is 0 Å². The Morgan fingerprint density at radius 3 is 2.31 bits per heavy atom. The summed E-state index contributed by atoms with van der Waals surface area (Å²) in [5, 5.41) is 10.6.